The minimum absolute atomic E-state index is 0.0369. The fourth-order valence-corrected chi connectivity index (χ4v) is 6.41. The first-order chi connectivity index (χ1) is 13.0. The van der Waals surface area contributed by atoms with Crippen LogP contribution in [0.2, 0.25) is 0 Å². The maximum absolute atomic E-state index is 12.9. The van der Waals surface area contributed by atoms with Gasteiger partial charge in [-0.2, -0.15) is 0 Å². The standard InChI is InChI=1S/C24H36N2O/c1-4-16(3)20-6-8-21(9-7-20)22(5-2)25-23(27)26-24-13-17-10-18(14-24)12-19(11-17)15-24/h6-9,16-19,22H,4-5,10-15H2,1-3H3,(H2,25,26,27)/t16-,17?,18?,19?,22-,24?/m0/s1. The third-order valence-electron chi connectivity index (χ3n) is 7.65. The van der Waals surface area contributed by atoms with Crippen molar-refractivity contribution in [3.8, 4) is 0 Å². The van der Waals surface area contributed by atoms with Crippen molar-refractivity contribution in [2.45, 2.75) is 89.6 Å². The van der Waals surface area contributed by atoms with E-state index in [0.717, 1.165) is 30.6 Å². The van der Waals surface area contributed by atoms with Gasteiger partial charge in [-0.15, -0.1) is 0 Å². The third kappa shape index (κ3) is 3.88. The molecule has 0 heterocycles. The van der Waals surface area contributed by atoms with Gasteiger partial charge in [-0.3, -0.25) is 0 Å². The summed E-state index contributed by atoms with van der Waals surface area (Å²) in [6.45, 7) is 6.64. The van der Waals surface area contributed by atoms with Crippen molar-refractivity contribution >= 4 is 6.03 Å². The Morgan fingerprint density at radius 1 is 0.963 bits per heavy atom. The van der Waals surface area contributed by atoms with E-state index in [0.29, 0.717) is 5.92 Å². The number of benzene rings is 1. The summed E-state index contributed by atoms with van der Waals surface area (Å²) < 4.78 is 0. The zero-order valence-corrected chi connectivity index (χ0v) is 17.3. The number of hydrogen-bond acceptors (Lipinski definition) is 1. The van der Waals surface area contributed by atoms with Crippen LogP contribution in [-0.4, -0.2) is 11.6 Å². The lowest BCUT2D eigenvalue weighted by atomic mass is 9.53. The van der Waals surface area contributed by atoms with Crippen LogP contribution in [-0.2, 0) is 0 Å². The van der Waals surface area contributed by atoms with Crippen LogP contribution in [0.1, 0.15) is 95.2 Å². The van der Waals surface area contributed by atoms with Gasteiger partial charge < -0.3 is 10.6 Å². The molecule has 2 atom stereocenters. The van der Waals surface area contributed by atoms with E-state index in [4.69, 9.17) is 0 Å². The molecule has 0 unspecified atom stereocenters. The predicted molar refractivity (Wildman–Crippen MR) is 111 cm³/mol. The molecule has 0 aliphatic heterocycles. The first kappa shape index (κ1) is 18.8. The van der Waals surface area contributed by atoms with Gasteiger partial charge in [0, 0.05) is 5.54 Å². The highest BCUT2D eigenvalue weighted by Crippen LogP contribution is 2.55. The first-order valence-corrected chi connectivity index (χ1v) is 11.2. The lowest BCUT2D eigenvalue weighted by molar-refractivity contribution is -0.0136. The molecule has 2 amide bonds. The summed E-state index contributed by atoms with van der Waals surface area (Å²) in [4.78, 5) is 12.9. The molecular weight excluding hydrogens is 332 g/mol. The van der Waals surface area contributed by atoms with Crippen LogP contribution in [0.3, 0.4) is 0 Å². The Morgan fingerprint density at radius 3 is 1.96 bits per heavy atom. The minimum Gasteiger partial charge on any atom is -0.333 e. The van der Waals surface area contributed by atoms with Crippen LogP contribution >= 0.6 is 0 Å². The van der Waals surface area contributed by atoms with Crippen molar-refractivity contribution in [1.29, 1.82) is 0 Å². The van der Waals surface area contributed by atoms with Gasteiger partial charge >= 0.3 is 6.03 Å². The topological polar surface area (TPSA) is 41.1 Å². The molecule has 0 saturated heterocycles. The van der Waals surface area contributed by atoms with Crippen LogP contribution in [0.5, 0.6) is 0 Å². The number of urea groups is 1. The molecule has 4 aliphatic rings. The van der Waals surface area contributed by atoms with Crippen molar-refractivity contribution in [2.75, 3.05) is 0 Å². The monoisotopic (exact) mass is 368 g/mol. The van der Waals surface area contributed by atoms with Gasteiger partial charge in [0.15, 0.2) is 0 Å². The van der Waals surface area contributed by atoms with E-state index in [-0.39, 0.29) is 17.6 Å². The fraction of sp³-hybridized carbons (Fsp3) is 0.708. The van der Waals surface area contributed by atoms with Crippen LogP contribution < -0.4 is 10.6 Å². The van der Waals surface area contributed by atoms with Gasteiger partial charge in [-0.1, -0.05) is 45.0 Å². The molecule has 4 saturated carbocycles. The van der Waals surface area contributed by atoms with Gasteiger partial charge in [0.1, 0.15) is 0 Å². The van der Waals surface area contributed by atoms with Gasteiger partial charge in [0.2, 0.25) is 0 Å². The van der Waals surface area contributed by atoms with Gasteiger partial charge in [-0.05, 0) is 86.2 Å². The molecule has 1 aromatic carbocycles. The molecule has 4 fully saturated rings. The number of amides is 2. The fourth-order valence-electron chi connectivity index (χ4n) is 6.41. The van der Waals surface area contributed by atoms with E-state index in [1.807, 2.05) is 0 Å². The van der Waals surface area contributed by atoms with Gasteiger partial charge in [-0.25, -0.2) is 4.79 Å². The number of carbonyl (C=O) groups excluding carboxylic acids is 1. The Kier molecular flexibility index (Phi) is 5.22. The number of carbonyl (C=O) groups is 1. The third-order valence-corrected chi connectivity index (χ3v) is 7.65. The number of nitrogens with one attached hydrogen (secondary N) is 2. The maximum atomic E-state index is 12.9. The van der Waals surface area contributed by atoms with Crippen molar-refractivity contribution in [2.24, 2.45) is 17.8 Å². The Morgan fingerprint density at radius 2 is 1.48 bits per heavy atom. The summed E-state index contributed by atoms with van der Waals surface area (Å²) in [6, 6.07) is 8.97. The second-order valence-electron chi connectivity index (χ2n) is 9.73. The summed E-state index contributed by atoms with van der Waals surface area (Å²) in [5.41, 5.74) is 2.68. The van der Waals surface area contributed by atoms with Crippen molar-refractivity contribution in [3.63, 3.8) is 0 Å². The van der Waals surface area contributed by atoms with Gasteiger partial charge in [0.05, 0.1) is 6.04 Å². The van der Waals surface area contributed by atoms with E-state index < -0.39 is 0 Å². The van der Waals surface area contributed by atoms with Gasteiger partial charge in [0.25, 0.3) is 0 Å². The average Bonchev–Trinajstić information content (AvgIpc) is 2.64. The Balaban J connectivity index is 1.39. The lowest BCUT2D eigenvalue weighted by Crippen LogP contribution is -2.61. The molecular formula is C24H36N2O. The highest BCUT2D eigenvalue weighted by atomic mass is 16.2. The maximum Gasteiger partial charge on any atom is 0.315 e. The van der Waals surface area contributed by atoms with Crippen molar-refractivity contribution < 1.29 is 4.79 Å². The average molecular weight is 369 g/mol. The molecule has 3 nitrogen and oxygen atoms in total. The smallest absolute Gasteiger partial charge is 0.315 e. The quantitative estimate of drug-likeness (QED) is 0.643. The largest absolute Gasteiger partial charge is 0.333 e. The van der Waals surface area contributed by atoms with Crippen LogP contribution in [0.4, 0.5) is 4.79 Å². The van der Waals surface area contributed by atoms with Crippen LogP contribution in [0.25, 0.3) is 0 Å². The van der Waals surface area contributed by atoms with Crippen LogP contribution in [0.15, 0.2) is 24.3 Å². The summed E-state index contributed by atoms with van der Waals surface area (Å²) in [6.07, 6.45) is 9.89. The normalized spacial score (nSPS) is 33.5. The minimum atomic E-state index is 0.0369. The zero-order chi connectivity index (χ0) is 19.0. The molecule has 2 N–H and O–H groups in total. The molecule has 27 heavy (non-hydrogen) atoms. The molecule has 3 heteroatoms. The lowest BCUT2D eigenvalue weighted by Gasteiger charge is -2.56. The summed E-state index contributed by atoms with van der Waals surface area (Å²) in [5, 5.41) is 6.72. The number of hydrogen-bond donors (Lipinski definition) is 2. The van der Waals surface area contributed by atoms with E-state index in [1.54, 1.807) is 0 Å². The highest BCUT2D eigenvalue weighted by molar-refractivity contribution is 5.75. The van der Waals surface area contributed by atoms with Crippen molar-refractivity contribution in [1.82, 2.24) is 10.6 Å². The molecule has 4 bridgehead atoms. The SMILES string of the molecule is CC[C@H](NC(=O)NC12CC3CC(CC(C3)C1)C2)c1ccc([C@@H](C)CC)cc1. The first-order valence-electron chi connectivity index (χ1n) is 11.2. The molecule has 0 radical (unpaired) electrons. The summed E-state index contributed by atoms with van der Waals surface area (Å²) >= 11 is 0. The molecule has 148 valence electrons. The van der Waals surface area contributed by atoms with E-state index in [2.05, 4.69) is 55.7 Å². The van der Waals surface area contributed by atoms with E-state index in [1.165, 1.54) is 49.7 Å². The Hall–Kier alpha value is -1.51. The van der Waals surface area contributed by atoms with Crippen LogP contribution in [0, 0.1) is 17.8 Å². The molecule has 4 aliphatic carbocycles. The number of rotatable bonds is 6. The van der Waals surface area contributed by atoms with Crippen molar-refractivity contribution in [3.05, 3.63) is 35.4 Å². The Bertz CT molecular complexity index is 630. The van der Waals surface area contributed by atoms with E-state index in [9.17, 15) is 4.79 Å². The molecule has 5 rings (SSSR count). The molecule has 0 spiro atoms. The highest BCUT2D eigenvalue weighted by Gasteiger charge is 2.51. The predicted octanol–water partition coefficient (Wildman–Crippen LogP) is 5.92. The molecule has 1 aromatic rings. The van der Waals surface area contributed by atoms with E-state index >= 15 is 0 Å². The summed E-state index contributed by atoms with van der Waals surface area (Å²) in [5.74, 6) is 3.15. The Labute approximate surface area is 164 Å². The zero-order valence-electron chi connectivity index (χ0n) is 17.3. The molecule has 0 aromatic heterocycles. The second kappa shape index (κ2) is 7.48. The summed E-state index contributed by atoms with van der Waals surface area (Å²) in [7, 11) is 0. The second-order valence-corrected chi connectivity index (χ2v) is 9.73.